The summed E-state index contributed by atoms with van der Waals surface area (Å²) in [5.74, 6) is 0.290. The van der Waals surface area contributed by atoms with E-state index < -0.39 is 16.1 Å². The van der Waals surface area contributed by atoms with Gasteiger partial charge in [0, 0.05) is 20.2 Å². The number of anilines is 1. The maximum Gasteiger partial charge on any atom is 0.260 e. The second-order valence-electron chi connectivity index (χ2n) is 6.05. The summed E-state index contributed by atoms with van der Waals surface area (Å²) < 4.78 is 35.2. The van der Waals surface area contributed by atoms with Gasteiger partial charge in [0.05, 0.1) is 18.0 Å². The zero-order valence-electron chi connectivity index (χ0n) is 15.5. The Kier molecular flexibility index (Phi) is 8.18. The highest BCUT2D eigenvalue weighted by molar-refractivity contribution is 7.92. The molecule has 1 atom stereocenters. The van der Waals surface area contributed by atoms with Crippen molar-refractivity contribution in [3.8, 4) is 5.75 Å². The van der Waals surface area contributed by atoms with Crippen LogP contribution < -0.4 is 14.4 Å². The third kappa shape index (κ3) is 7.74. The second-order valence-corrected chi connectivity index (χ2v) is 8.06. The number of hydrogen-bond donors (Lipinski definition) is 1. The van der Waals surface area contributed by atoms with E-state index in [0.29, 0.717) is 24.6 Å². The first-order chi connectivity index (χ1) is 11.6. The number of ether oxygens (including phenoxy) is 2. The molecular formula is C17H28N2O5S. The zero-order chi connectivity index (χ0) is 19.0. The molecule has 0 aromatic heterocycles. The minimum atomic E-state index is -3.31. The molecule has 1 N–H and O–H groups in total. The molecule has 0 aliphatic heterocycles. The molecule has 1 unspecified atom stereocenters. The van der Waals surface area contributed by atoms with Gasteiger partial charge in [0.2, 0.25) is 10.0 Å². The van der Waals surface area contributed by atoms with E-state index >= 15 is 0 Å². The van der Waals surface area contributed by atoms with Crippen LogP contribution >= 0.6 is 0 Å². The van der Waals surface area contributed by atoms with Crippen LogP contribution in [0.5, 0.6) is 5.75 Å². The summed E-state index contributed by atoms with van der Waals surface area (Å²) in [5.41, 5.74) is 0.525. The Morgan fingerprint density at radius 2 is 1.80 bits per heavy atom. The number of amides is 1. The molecule has 0 saturated heterocycles. The van der Waals surface area contributed by atoms with E-state index in [0.717, 1.165) is 12.7 Å². The maximum atomic E-state index is 12.0. The Bertz CT molecular complexity index is 644. The molecular weight excluding hydrogens is 344 g/mol. The van der Waals surface area contributed by atoms with Crippen molar-refractivity contribution in [2.75, 3.05) is 30.8 Å². The first-order valence-electron chi connectivity index (χ1n) is 8.21. The molecule has 1 rings (SSSR count). The molecule has 1 amide bonds. The van der Waals surface area contributed by atoms with Gasteiger partial charge in [-0.25, -0.2) is 8.42 Å². The number of benzene rings is 1. The summed E-state index contributed by atoms with van der Waals surface area (Å²) in [6.45, 7) is 6.72. The van der Waals surface area contributed by atoms with Crippen molar-refractivity contribution in [2.24, 2.45) is 0 Å². The van der Waals surface area contributed by atoms with Gasteiger partial charge in [-0.3, -0.25) is 9.10 Å². The third-order valence-corrected chi connectivity index (χ3v) is 4.66. The van der Waals surface area contributed by atoms with E-state index in [1.165, 1.54) is 11.4 Å². The van der Waals surface area contributed by atoms with Crippen LogP contribution in [-0.4, -0.2) is 53.0 Å². The molecule has 25 heavy (non-hydrogen) atoms. The number of sulfonamides is 1. The average molecular weight is 372 g/mol. The van der Waals surface area contributed by atoms with E-state index in [-0.39, 0.29) is 12.0 Å². The van der Waals surface area contributed by atoms with Crippen molar-refractivity contribution in [2.45, 2.75) is 39.4 Å². The van der Waals surface area contributed by atoms with Gasteiger partial charge in [0.25, 0.3) is 5.91 Å². The van der Waals surface area contributed by atoms with Crippen molar-refractivity contribution in [1.82, 2.24) is 5.32 Å². The van der Waals surface area contributed by atoms with Gasteiger partial charge in [-0.2, -0.15) is 0 Å². The fraction of sp³-hybridized carbons (Fsp3) is 0.588. The summed E-state index contributed by atoms with van der Waals surface area (Å²) in [7, 11) is -1.83. The smallest absolute Gasteiger partial charge is 0.260 e. The highest BCUT2D eigenvalue weighted by Gasteiger charge is 2.15. The Morgan fingerprint density at radius 3 is 2.32 bits per heavy atom. The summed E-state index contributed by atoms with van der Waals surface area (Å²) >= 11 is 0. The molecule has 1 aromatic carbocycles. The van der Waals surface area contributed by atoms with Gasteiger partial charge >= 0.3 is 0 Å². The maximum absolute atomic E-state index is 12.0. The molecule has 0 fully saturated rings. The third-order valence-electron chi connectivity index (χ3n) is 3.45. The van der Waals surface area contributed by atoms with Crippen molar-refractivity contribution in [1.29, 1.82) is 0 Å². The Balaban J connectivity index is 2.46. The van der Waals surface area contributed by atoms with Crippen molar-refractivity contribution in [3.05, 3.63) is 24.3 Å². The standard InChI is InChI=1S/C17H28N2O5S/c1-13(2)23-12-6-11-18-17(20)14(3)24-16-9-7-15(8-10-16)19(4)25(5,21)22/h7-10,13-14H,6,11-12H2,1-5H3,(H,18,20). The fourth-order valence-corrected chi connectivity index (χ4v) is 2.43. The molecule has 0 aliphatic carbocycles. The van der Waals surface area contributed by atoms with Gasteiger partial charge in [-0.05, 0) is 51.5 Å². The lowest BCUT2D eigenvalue weighted by atomic mass is 10.3. The van der Waals surface area contributed by atoms with Crippen molar-refractivity contribution in [3.63, 3.8) is 0 Å². The van der Waals surface area contributed by atoms with E-state index in [1.54, 1.807) is 31.2 Å². The van der Waals surface area contributed by atoms with Gasteiger partial charge in [-0.15, -0.1) is 0 Å². The predicted octanol–water partition coefficient (Wildman–Crippen LogP) is 1.78. The lowest BCUT2D eigenvalue weighted by molar-refractivity contribution is -0.127. The Hall–Kier alpha value is -1.80. The van der Waals surface area contributed by atoms with Crippen LogP contribution in [-0.2, 0) is 19.6 Å². The van der Waals surface area contributed by atoms with Crippen LogP contribution in [0.3, 0.4) is 0 Å². The normalized spacial score (nSPS) is 12.7. The number of rotatable bonds is 10. The topological polar surface area (TPSA) is 84.9 Å². The van der Waals surface area contributed by atoms with Crippen molar-refractivity contribution < 1.29 is 22.7 Å². The van der Waals surface area contributed by atoms with Gasteiger partial charge in [0.1, 0.15) is 5.75 Å². The van der Waals surface area contributed by atoms with Gasteiger partial charge in [-0.1, -0.05) is 0 Å². The van der Waals surface area contributed by atoms with Crippen LogP contribution in [0.2, 0.25) is 0 Å². The number of carbonyl (C=O) groups excluding carboxylic acids is 1. The molecule has 0 spiro atoms. The first kappa shape index (κ1) is 21.2. The van der Waals surface area contributed by atoms with Crippen LogP contribution in [0.1, 0.15) is 27.2 Å². The second kappa shape index (κ2) is 9.62. The number of hydrogen-bond acceptors (Lipinski definition) is 5. The number of carbonyl (C=O) groups is 1. The van der Waals surface area contributed by atoms with Crippen LogP contribution in [0.15, 0.2) is 24.3 Å². The molecule has 8 heteroatoms. The van der Waals surface area contributed by atoms with E-state index in [2.05, 4.69) is 5.32 Å². The molecule has 1 aromatic rings. The SMILES string of the molecule is CC(C)OCCCNC(=O)C(C)Oc1ccc(N(C)S(C)(=O)=O)cc1. The monoisotopic (exact) mass is 372 g/mol. The van der Waals surface area contributed by atoms with Crippen LogP contribution in [0, 0.1) is 0 Å². The predicted molar refractivity (Wildman–Crippen MR) is 98.5 cm³/mol. The minimum Gasteiger partial charge on any atom is -0.481 e. The average Bonchev–Trinajstić information content (AvgIpc) is 2.53. The lowest BCUT2D eigenvalue weighted by Gasteiger charge is -2.18. The zero-order valence-corrected chi connectivity index (χ0v) is 16.3. The highest BCUT2D eigenvalue weighted by Crippen LogP contribution is 2.21. The van der Waals surface area contributed by atoms with E-state index in [4.69, 9.17) is 9.47 Å². The lowest BCUT2D eigenvalue weighted by Crippen LogP contribution is -2.37. The molecule has 7 nitrogen and oxygen atoms in total. The summed E-state index contributed by atoms with van der Waals surface area (Å²) in [5, 5.41) is 2.79. The Labute approximate surface area is 150 Å². The van der Waals surface area contributed by atoms with Crippen LogP contribution in [0.25, 0.3) is 0 Å². The first-order valence-corrected chi connectivity index (χ1v) is 10.1. The fourth-order valence-electron chi connectivity index (χ4n) is 1.93. The quantitative estimate of drug-likeness (QED) is 0.633. The summed E-state index contributed by atoms with van der Waals surface area (Å²) in [4.78, 5) is 12.0. The van der Waals surface area contributed by atoms with Crippen LogP contribution in [0.4, 0.5) is 5.69 Å². The highest BCUT2D eigenvalue weighted by atomic mass is 32.2. The number of nitrogens with zero attached hydrogens (tertiary/aromatic N) is 1. The minimum absolute atomic E-state index is 0.183. The van der Waals surface area contributed by atoms with E-state index in [1.807, 2.05) is 13.8 Å². The molecule has 0 radical (unpaired) electrons. The van der Waals surface area contributed by atoms with Gasteiger partial charge in [0.15, 0.2) is 6.10 Å². The van der Waals surface area contributed by atoms with Gasteiger partial charge < -0.3 is 14.8 Å². The van der Waals surface area contributed by atoms with E-state index in [9.17, 15) is 13.2 Å². The molecule has 0 saturated carbocycles. The summed E-state index contributed by atoms with van der Waals surface area (Å²) in [6.07, 6.45) is 1.41. The summed E-state index contributed by atoms with van der Waals surface area (Å²) in [6, 6.07) is 6.53. The molecule has 0 aliphatic rings. The number of nitrogens with one attached hydrogen (secondary N) is 1. The molecule has 142 valence electrons. The Morgan fingerprint density at radius 1 is 1.20 bits per heavy atom. The molecule has 0 heterocycles. The van der Waals surface area contributed by atoms with Crippen molar-refractivity contribution >= 4 is 21.6 Å². The molecule has 0 bridgehead atoms. The largest absolute Gasteiger partial charge is 0.481 e.